The van der Waals surface area contributed by atoms with Crippen LogP contribution in [0.2, 0.25) is 0 Å². The molecule has 6 nitrogen and oxygen atoms in total. The highest BCUT2D eigenvalue weighted by molar-refractivity contribution is 7.80. The van der Waals surface area contributed by atoms with Gasteiger partial charge in [-0.2, -0.15) is 13.2 Å². The van der Waals surface area contributed by atoms with Gasteiger partial charge in [-0.1, -0.05) is 12.1 Å². The fourth-order valence-electron chi connectivity index (χ4n) is 2.84. The molecule has 0 spiro atoms. The van der Waals surface area contributed by atoms with Crippen LogP contribution < -0.4 is 16.2 Å². The van der Waals surface area contributed by atoms with Gasteiger partial charge in [-0.15, -0.1) is 0 Å². The predicted octanol–water partition coefficient (Wildman–Crippen LogP) is 1.97. The molecule has 150 valence electrons. The number of alkyl halides is 3. The molecular weight excluding hydrogens is 381 g/mol. The maximum absolute atomic E-state index is 12.1. The summed E-state index contributed by atoms with van der Waals surface area (Å²) in [4.78, 5) is 14.3. The second-order valence-electron chi connectivity index (χ2n) is 6.53. The van der Waals surface area contributed by atoms with Crippen molar-refractivity contribution in [3.05, 3.63) is 35.4 Å². The minimum absolute atomic E-state index is 0.180. The molecule has 0 bridgehead atoms. The van der Waals surface area contributed by atoms with Gasteiger partial charge in [0, 0.05) is 25.2 Å². The summed E-state index contributed by atoms with van der Waals surface area (Å²) in [6.07, 6.45) is -4.03. The maximum Gasteiger partial charge on any atom is 0.405 e. The van der Waals surface area contributed by atoms with Crippen molar-refractivity contribution in [3.63, 3.8) is 0 Å². The van der Waals surface area contributed by atoms with Gasteiger partial charge in [-0.05, 0) is 43.8 Å². The van der Waals surface area contributed by atoms with Gasteiger partial charge in [0.2, 0.25) is 0 Å². The number of carbonyl (C=O) groups excluding carboxylic acids is 1. The van der Waals surface area contributed by atoms with Crippen molar-refractivity contribution in [1.29, 1.82) is 0 Å². The van der Waals surface area contributed by atoms with Gasteiger partial charge in [0.25, 0.3) is 5.91 Å². The Morgan fingerprint density at radius 2 is 1.78 bits per heavy atom. The van der Waals surface area contributed by atoms with Crippen molar-refractivity contribution < 1.29 is 22.7 Å². The summed E-state index contributed by atoms with van der Waals surface area (Å²) in [5.74, 6) is -0.494. The van der Waals surface area contributed by atoms with E-state index in [1.807, 2.05) is 31.3 Å². The van der Waals surface area contributed by atoms with Crippen LogP contribution in [0, 0.1) is 0 Å². The molecule has 1 fully saturated rings. The number of hydrogen-bond donors (Lipinski definition) is 3. The van der Waals surface area contributed by atoms with Crippen molar-refractivity contribution >= 4 is 23.2 Å². The second-order valence-corrected chi connectivity index (χ2v) is 6.93. The highest BCUT2D eigenvalue weighted by atomic mass is 32.1. The largest absolute Gasteiger partial charge is 0.405 e. The van der Waals surface area contributed by atoms with Gasteiger partial charge in [-0.25, -0.2) is 0 Å². The molecule has 3 N–H and O–H groups in total. The molecule has 2 atom stereocenters. The van der Waals surface area contributed by atoms with Crippen LogP contribution in [-0.4, -0.2) is 53.9 Å². The number of nitrogens with zero attached hydrogens (tertiary/aromatic N) is 1. The van der Waals surface area contributed by atoms with Crippen LogP contribution in [0.4, 0.5) is 13.2 Å². The number of benzene rings is 1. The third-order valence-corrected chi connectivity index (χ3v) is 4.10. The van der Waals surface area contributed by atoms with Crippen molar-refractivity contribution in [2.75, 3.05) is 19.6 Å². The zero-order chi connectivity index (χ0) is 20.0. The zero-order valence-corrected chi connectivity index (χ0v) is 15.9. The average molecular weight is 404 g/mol. The van der Waals surface area contributed by atoms with Crippen molar-refractivity contribution in [3.8, 4) is 0 Å². The fourth-order valence-corrected chi connectivity index (χ4v) is 2.97. The summed E-state index contributed by atoms with van der Waals surface area (Å²) < 4.78 is 41.9. The van der Waals surface area contributed by atoms with Crippen LogP contribution in [0.5, 0.6) is 0 Å². The molecule has 2 rings (SSSR count). The SMILES string of the molecule is C[C@@H]1CN(Cc2ccc(C(=O)NNC(=S)NCC(F)(F)F)cc2)C[C@H](C)O1. The first-order valence-electron chi connectivity index (χ1n) is 8.50. The third kappa shape index (κ3) is 7.69. The van der Waals surface area contributed by atoms with Gasteiger partial charge in [0.05, 0.1) is 12.2 Å². The first-order valence-corrected chi connectivity index (χ1v) is 8.91. The van der Waals surface area contributed by atoms with E-state index in [1.165, 1.54) is 0 Å². The second kappa shape index (κ2) is 9.34. The van der Waals surface area contributed by atoms with Gasteiger partial charge >= 0.3 is 6.18 Å². The minimum atomic E-state index is -4.39. The molecule has 1 aliphatic heterocycles. The number of rotatable bonds is 4. The molecule has 27 heavy (non-hydrogen) atoms. The smallest absolute Gasteiger partial charge is 0.373 e. The van der Waals surface area contributed by atoms with Gasteiger partial charge in [0.1, 0.15) is 6.54 Å². The molecule has 10 heteroatoms. The Morgan fingerprint density at radius 1 is 1.19 bits per heavy atom. The molecular formula is C17H23F3N4O2S. The summed E-state index contributed by atoms with van der Waals surface area (Å²) in [7, 11) is 0. The highest BCUT2D eigenvalue weighted by Crippen LogP contribution is 2.15. The Labute approximate surface area is 161 Å². The lowest BCUT2D eigenvalue weighted by Gasteiger charge is -2.35. The lowest BCUT2D eigenvalue weighted by atomic mass is 10.1. The molecule has 1 aliphatic rings. The third-order valence-electron chi connectivity index (χ3n) is 3.86. The lowest BCUT2D eigenvalue weighted by Crippen LogP contribution is -2.48. The molecule has 0 unspecified atom stereocenters. The summed E-state index contributed by atoms with van der Waals surface area (Å²) in [6, 6.07) is 7.01. The number of hydrazine groups is 1. The highest BCUT2D eigenvalue weighted by Gasteiger charge is 2.27. The number of thiocarbonyl (C=S) groups is 1. The predicted molar refractivity (Wildman–Crippen MR) is 99.0 cm³/mol. The number of morpholine rings is 1. The standard InChI is InChI=1S/C17H23F3N4O2S/c1-11-7-24(8-12(2)26-11)9-13-3-5-14(6-4-13)15(25)22-23-16(27)21-10-17(18,19)20/h3-6,11-12H,7-10H2,1-2H3,(H,22,25)(H2,21,23,27)/t11-,12+. The topological polar surface area (TPSA) is 65.6 Å². The van der Waals surface area contributed by atoms with E-state index in [9.17, 15) is 18.0 Å². The summed E-state index contributed by atoms with van der Waals surface area (Å²) in [5.41, 5.74) is 5.93. The average Bonchev–Trinajstić information content (AvgIpc) is 2.57. The molecule has 1 amide bonds. The quantitative estimate of drug-likeness (QED) is 0.527. The zero-order valence-electron chi connectivity index (χ0n) is 15.1. The number of halogens is 3. The van der Waals surface area contributed by atoms with Crippen LogP contribution in [-0.2, 0) is 11.3 Å². The number of amides is 1. The Kier molecular flexibility index (Phi) is 7.40. The van der Waals surface area contributed by atoms with E-state index in [-0.39, 0.29) is 17.3 Å². The van der Waals surface area contributed by atoms with Gasteiger partial charge in [-0.3, -0.25) is 20.5 Å². The summed E-state index contributed by atoms with van der Waals surface area (Å²) in [5, 5.41) is 1.64. The molecule has 1 aromatic rings. The van der Waals surface area contributed by atoms with E-state index in [0.29, 0.717) is 5.56 Å². The maximum atomic E-state index is 12.1. The van der Waals surface area contributed by atoms with E-state index in [4.69, 9.17) is 4.74 Å². The number of hydrogen-bond acceptors (Lipinski definition) is 4. The molecule has 0 saturated carbocycles. The molecule has 0 aromatic heterocycles. The summed E-state index contributed by atoms with van der Waals surface area (Å²) in [6.45, 7) is 5.25. The fraction of sp³-hybridized carbons (Fsp3) is 0.529. The lowest BCUT2D eigenvalue weighted by molar-refractivity contribution is -0.122. The molecule has 1 heterocycles. The first-order chi connectivity index (χ1) is 12.6. The van der Waals surface area contributed by atoms with E-state index < -0.39 is 18.6 Å². The van der Waals surface area contributed by atoms with Gasteiger partial charge in [0.15, 0.2) is 5.11 Å². The van der Waals surface area contributed by atoms with Crippen LogP contribution in [0.3, 0.4) is 0 Å². The van der Waals surface area contributed by atoms with Crippen LogP contribution in [0.15, 0.2) is 24.3 Å². The Balaban J connectivity index is 1.80. The van der Waals surface area contributed by atoms with Crippen molar-refractivity contribution in [2.24, 2.45) is 0 Å². The number of nitrogens with one attached hydrogen (secondary N) is 3. The molecule has 0 radical (unpaired) electrons. The Bertz CT molecular complexity index is 645. The van der Waals surface area contributed by atoms with Crippen molar-refractivity contribution in [2.45, 2.75) is 38.8 Å². The minimum Gasteiger partial charge on any atom is -0.373 e. The first kappa shape index (κ1) is 21.4. The van der Waals surface area contributed by atoms with Crippen LogP contribution in [0.1, 0.15) is 29.8 Å². The Hall–Kier alpha value is -1.91. The molecule has 1 aromatic carbocycles. The van der Waals surface area contributed by atoms with E-state index in [0.717, 1.165) is 25.2 Å². The van der Waals surface area contributed by atoms with E-state index in [1.54, 1.807) is 12.1 Å². The van der Waals surface area contributed by atoms with E-state index in [2.05, 4.69) is 28.0 Å². The van der Waals surface area contributed by atoms with Gasteiger partial charge < -0.3 is 10.1 Å². The van der Waals surface area contributed by atoms with E-state index >= 15 is 0 Å². The monoisotopic (exact) mass is 404 g/mol. The number of carbonyl (C=O) groups is 1. The number of ether oxygens (including phenoxy) is 1. The Morgan fingerprint density at radius 3 is 2.33 bits per heavy atom. The normalized spacial score (nSPS) is 20.8. The van der Waals surface area contributed by atoms with Crippen molar-refractivity contribution in [1.82, 2.24) is 21.1 Å². The molecule has 1 saturated heterocycles. The van der Waals surface area contributed by atoms with Crippen LogP contribution in [0.25, 0.3) is 0 Å². The van der Waals surface area contributed by atoms with Crippen LogP contribution >= 0.6 is 12.2 Å². The molecule has 0 aliphatic carbocycles. The summed E-state index contributed by atoms with van der Waals surface area (Å²) >= 11 is 4.67.